The summed E-state index contributed by atoms with van der Waals surface area (Å²) in [6.45, 7) is 0.659. The van der Waals surface area contributed by atoms with Crippen LogP contribution in [0.3, 0.4) is 0 Å². The van der Waals surface area contributed by atoms with E-state index < -0.39 is 0 Å². The van der Waals surface area contributed by atoms with Crippen molar-refractivity contribution in [3.63, 3.8) is 0 Å². The molecule has 0 saturated heterocycles. The van der Waals surface area contributed by atoms with Crippen molar-refractivity contribution >= 4 is 5.91 Å². The van der Waals surface area contributed by atoms with E-state index in [1.165, 1.54) is 23.3 Å². The molecule has 1 saturated carbocycles. The van der Waals surface area contributed by atoms with Crippen LogP contribution in [0.4, 0.5) is 4.39 Å². The second kappa shape index (κ2) is 6.04. The van der Waals surface area contributed by atoms with Crippen molar-refractivity contribution < 1.29 is 9.18 Å². The molecule has 4 rings (SSSR count). The molecule has 1 N–H and O–H groups in total. The number of rotatable bonds is 5. The molecule has 2 aliphatic carbocycles. The lowest BCUT2D eigenvalue weighted by Gasteiger charge is -2.18. The van der Waals surface area contributed by atoms with Crippen molar-refractivity contribution in [3.8, 4) is 0 Å². The number of benzene rings is 2. The maximum absolute atomic E-state index is 13.1. The van der Waals surface area contributed by atoms with Crippen molar-refractivity contribution in [3.05, 3.63) is 71.0 Å². The lowest BCUT2D eigenvalue weighted by Crippen LogP contribution is -2.32. The second-order valence-corrected chi connectivity index (χ2v) is 7.20. The lowest BCUT2D eigenvalue weighted by molar-refractivity contribution is -0.121. The van der Waals surface area contributed by atoms with Gasteiger partial charge in [-0.25, -0.2) is 4.39 Å². The number of nitrogens with one attached hydrogen (secondary N) is 1. The molecule has 2 aliphatic rings. The maximum Gasteiger partial charge on any atom is 0.220 e. The Balaban J connectivity index is 1.35. The summed E-state index contributed by atoms with van der Waals surface area (Å²) < 4.78 is 13.1. The van der Waals surface area contributed by atoms with Crippen LogP contribution in [0.1, 0.15) is 48.3 Å². The van der Waals surface area contributed by atoms with Crippen LogP contribution in [-0.4, -0.2) is 12.5 Å². The van der Waals surface area contributed by atoms with Crippen LogP contribution in [0.2, 0.25) is 0 Å². The average molecular weight is 323 g/mol. The molecular formula is C21H22FNO. The Morgan fingerprint density at radius 1 is 1.12 bits per heavy atom. The second-order valence-electron chi connectivity index (χ2n) is 7.20. The number of carbonyl (C=O) groups is 1. The highest BCUT2D eigenvalue weighted by Gasteiger charge is 2.44. The minimum Gasteiger partial charge on any atom is -0.355 e. The van der Waals surface area contributed by atoms with Gasteiger partial charge in [-0.1, -0.05) is 36.4 Å². The molecule has 1 unspecified atom stereocenters. The Labute approximate surface area is 142 Å². The largest absolute Gasteiger partial charge is 0.355 e. The zero-order valence-corrected chi connectivity index (χ0v) is 13.7. The van der Waals surface area contributed by atoms with Gasteiger partial charge in [0.1, 0.15) is 5.82 Å². The number of halogens is 1. The van der Waals surface area contributed by atoms with E-state index in [-0.39, 0.29) is 17.1 Å². The minimum absolute atomic E-state index is 0.0247. The fraction of sp³-hybridized carbons (Fsp3) is 0.381. The molecule has 1 amide bonds. The van der Waals surface area contributed by atoms with E-state index in [0.29, 0.717) is 18.9 Å². The zero-order valence-electron chi connectivity index (χ0n) is 13.7. The van der Waals surface area contributed by atoms with E-state index in [4.69, 9.17) is 0 Å². The maximum atomic E-state index is 13.1. The summed E-state index contributed by atoms with van der Waals surface area (Å²) in [7, 11) is 0. The smallest absolute Gasteiger partial charge is 0.220 e. The van der Waals surface area contributed by atoms with E-state index in [9.17, 15) is 9.18 Å². The highest BCUT2D eigenvalue weighted by atomic mass is 19.1. The fourth-order valence-electron chi connectivity index (χ4n) is 3.94. The number of hydrogen-bond donors (Lipinski definition) is 1. The molecule has 1 fully saturated rings. The average Bonchev–Trinajstić information content (AvgIpc) is 3.29. The van der Waals surface area contributed by atoms with Gasteiger partial charge in [0.05, 0.1) is 0 Å². The number of hydrogen-bond acceptors (Lipinski definition) is 1. The number of carbonyl (C=O) groups excluding carboxylic acids is 1. The molecule has 3 heteroatoms. The summed E-state index contributed by atoms with van der Waals surface area (Å²) >= 11 is 0. The van der Waals surface area contributed by atoms with Gasteiger partial charge in [-0.2, -0.15) is 0 Å². The summed E-state index contributed by atoms with van der Waals surface area (Å²) in [5, 5.41) is 3.12. The summed E-state index contributed by atoms with van der Waals surface area (Å²) in [5.74, 6) is 0.269. The van der Waals surface area contributed by atoms with E-state index >= 15 is 0 Å². The Kier molecular flexibility index (Phi) is 3.87. The standard InChI is InChI=1S/C21H22FNO/c22-18-9-7-17(8-10-18)21(11-12-21)14-23-20(24)13-16-6-5-15-3-1-2-4-19(15)16/h1-4,7-10,16H,5-6,11-14H2,(H,23,24). The molecule has 2 nitrogen and oxygen atoms in total. The molecule has 1 atom stereocenters. The Morgan fingerprint density at radius 2 is 1.88 bits per heavy atom. The SMILES string of the molecule is O=C(CC1CCc2ccccc21)NCC1(c2ccc(F)cc2)CC1. The summed E-state index contributed by atoms with van der Waals surface area (Å²) in [4.78, 5) is 12.4. The van der Waals surface area contributed by atoms with Crippen LogP contribution in [0.25, 0.3) is 0 Å². The van der Waals surface area contributed by atoms with Gasteiger partial charge in [-0.05, 0) is 60.4 Å². The third-order valence-corrected chi connectivity index (χ3v) is 5.62. The van der Waals surface area contributed by atoms with Crippen LogP contribution in [0.15, 0.2) is 48.5 Å². The summed E-state index contributed by atoms with van der Waals surface area (Å²) in [6.07, 6.45) is 4.83. The minimum atomic E-state index is -0.210. The van der Waals surface area contributed by atoms with E-state index in [0.717, 1.165) is 31.2 Å². The fourth-order valence-corrected chi connectivity index (χ4v) is 3.94. The number of amides is 1. The molecule has 2 aromatic carbocycles. The molecular weight excluding hydrogens is 301 g/mol. The third-order valence-electron chi connectivity index (χ3n) is 5.62. The van der Waals surface area contributed by atoms with Gasteiger partial charge in [-0.15, -0.1) is 0 Å². The molecule has 2 aromatic rings. The molecule has 24 heavy (non-hydrogen) atoms. The Morgan fingerprint density at radius 3 is 2.62 bits per heavy atom. The number of aryl methyl sites for hydroxylation is 1. The molecule has 0 heterocycles. The molecule has 0 radical (unpaired) electrons. The van der Waals surface area contributed by atoms with Crippen LogP contribution >= 0.6 is 0 Å². The van der Waals surface area contributed by atoms with Gasteiger partial charge in [0.15, 0.2) is 0 Å². The summed E-state index contributed by atoms with van der Waals surface area (Å²) in [6, 6.07) is 15.2. The normalized spacial score (nSPS) is 20.5. The first-order valence-electron chi connectivity index (χ1n) is 8.77. The van der Waals surface area contributed by atoms with Crippen LogP contribution < -0.4 is 5.32 Å². The molecule has 124 valence electrons. The number of fused-ring (bicyclic) bond motifs is 1. The third kappa shape index (κ3) is 2.95. The predicted octanol–water partition coefficient (Wildman–Crippen LogP) is 4.09. The van der Waals surface area contributed by atoms with E-state index in [1.54, 1.807) is 0 Å². The zero-order chi connectivity index (χ0) is 16.6. The first-order chi connectivity index (χ1) is 11.7. The van der Waals surface area contributed by atoms with Gasteiger partial charge < -0.3 is 5.32 Å². The van der Waals surface area contributed by atoms with Crippen molar-refractivity contribution in [1.29, 1.82) is 0 Å². The van der Waals surface area contributed by atoms with Crippen LogP contribution in [0, 0.1) is 5.82 Å². The van der Waals surface area contributed by atoms with Crippen LogP contribution in [0.5, 0.6) is 0 Å². The highest BCUT2D eigenvalue weighted by molar-refractivity contribution is 5.77. The van der Waals surface area contributed by atoms with Crippen LogP contribution in [-0.2, 0) is 16.6 Å². The quantitative estimate of drug-likeness (QED) is 0.882. The Bertz CT molecular complexity index is 749. The monoisotopic (exact) mass is 323 g/mol. The lowest BCUT2D eigenvalue weighted by atomic mass is 9.95. The van der Waals surface area contributed by atoms with Gasteiger partial charge in [-0.3, -0.25) is 4.79 Å². The topological polar surface area (TPSA) is 29.1 Å². The van der Waals surface area contributed by atoms with Crippen molar-refractivity contribution in [2.45, 2.75) is 43.4 Å². The van der Waals surface area contributed by atoms with Crippen molar-refractivity contribution in [2.24, 2.45) is 0 Å². The predicted molar refractivity (Wildman–Crippen MR) is 92.4 cm³/mol. The first-order valence-corrected chi connectivity index (χ1v) is 8.77. The van der Waals surface area contributed by atoms with Gasteiger partial charge in [0.2, 0.25) is 5.91 Å². The van der Waals surface area contributed by atoms with Gasteiger partial charge in [0, 0.05) is 18.4 Å². The molecule has 0 bridgehead atoms. The van der Waals surface area contributed by atoms with Crippen molar-refractivity contribution in [1.82, 2.24) is 5.32 Å². The molecule has 0 aromatic heterocycles. The van der Waals surface area contributed by atoms with Crippen molar-refractivity contribution in [2.75, 3.05) is 6.54 Å². The Hall–Kier alpha value is -2.16. The molecule has 0 aliphatic heterocycles. The first kappa shape index (κ1) is 15.4. The van der Waals surface area contributed by atoms with E-state index in [2.05, 4.69) is 29.6 Å². The molecule has 0 spiro atoms. The summed E-state index contributed by atoms with van der Waals surface area (Å²) in [5.41, 5.74) is 3.89. The highest BCUT2D eigenvalue weighted by Crippen LogP contribution is 2.47. The van der Waals surface area contributed by atoms with Gasteiger partial charge in [0.25, 0.3) is 0 Å². The van der Waals surface area contributed by atoms with Gasteiger partial charge >= 0.3 is 0 Å². The van der Waals surface area contributed by atoms with E-state index in [1.807, 2.05) is 12.1 Å².